The predicted molar refractivity (Wildman–Crippen MR) is 119 cm³/mol. The second-order valence-corrected chi connectivity index (χ2v) is 9.38. The van der Waals surface area contributed by atoms with Crippen molar-refractivity contribution >= 4 is 21.8 Å². The zero-order chi connectivity index (χ0) is 24.0. The molecule has 1 aliphatic heterocycles. The van der Waals surface area contributed by atoms with E-state index in [0.29, 0.717) is 17.7 Å². The van der Waals surface area contributed by atoms with Crippen LogP contribution in [0.4, 0.5) is 4.39 Å². The number of carbonyl (C=O) groups excluding carboxylic acids is 2. The summed E-state index contributed by atoms with van der Waals surface area (Å²) >= 11 is 0. The minimum atomic E-state index is -4.19. The summed E-state index contributed by atoms with van der Waals surface area (Å²) in [6, 6.07) is 11.3. The zero-order valence-corrected chi connectivity index (χ0v) is 19.1. The van der Waals surface area contributed by atoms with E-state index in [-0.39, 0.29) is 37.5 Å². The number of halogens is 1. The fourth-order valence-corrected chi connectivity index (χ4v) is 5.26. The molecule has 0 radical (unpaired) electrons. The third-order valence-electron chi connectivity index (χ3n) is 5.25. The van der Waals surface area contributed by atoms with Crippen molar-refractivity contribution in [3.05, 3.63) is 59.9 Å². The van der Waals surface area contributed by atoms with Gasteiger partial charge in [0.05, 0.1) is 18.4 Å². The van der Waals surface area contributed by atoms with Crippen LogP contribution in [0, 0.1) is 5.82 Å². The Bertz CT molecular complexity index is 1090. The van der Waals surface area contributed by atoms with E-state index < -0.39 is 33.8 Å². The number of nitrogens with zero attached hydrogens (tertiary/aromatic N) is 2. The summed E-state index contributed by atoms with van der Waals surface area (Å²) in [4.78, 5) is 27.3. The quantitative estimate of drug-likeness (QED) is 0.576. The number of hydrogen-bond donors (Lipinski definition) is 2. The van der Waals surface area contributed by atoms with Crippen molar-refractivity contribution in [1.29, 1.82) is 0 Å². The van der Waals surface area contributed by atoms with Gasteiger partial charge in [-0.3, -0.25) is 9.59 Å². The molecule has 2 amide bonds. The predicted octanol–water partition coefficient (Wildman–Crippen LogP) is 0.701. The minimum absolute atomic E-state index is 0.0311. The topological polar surface area (TPSA) is 122 Å². The van der Waals surface area contributed by atoms with Gasteiger partial charge in [-0.2, -0.15) is 4.31 Å². The minimum Gasteiger partial charge on any atom is -0.497 e. The van der Waals surface area contributed by atoms with E-state index in [1.54, 1.807) is 24.3 Å². The van der Waals surface area contributed by atoms with Gasteiger partial charge in [0.25, 0.3) is 5.91 Å². The molecule has 1 atom stereocenters. The summed E-state index contributed by atoms with van der Waals surface area (Å²) in [5.41, 5.74) is 6.15. The van der Waals surface area contributed by atoms with Gasteiger partial charge in [0.1, 0.15) is 11.6 Å². The molecule has 3 rings (SSSR count). The summed E-state index contributed by atoms with van der Waals surface area (Å²) in [5, 5.41) is 2.59. The second-order valence-electron chi connectivity index (χ2n) is 7.49. The normalized spacial score (nSPS) is 16.9. The van der Waals surface area contributed by atoms with Crippen molar-refractivity contribution in [3.63, 3.8) is 0 Å². The third kappa shape index (κ3) is 5.67. The lowest BCUT2D eigenvalue weighted by Gasteiger charge is -2.41. The first-order valence-corrected chi connectivity index (χ1v) is 11.9. The third-order valence-corrected chi connectivity index (χ3v) is 7.12. The van der Waals surface area contributed by atoms with E-state index in [1.165, 1.54) is 12.0 Å². The number of amides is 2. The average molecular weight is 479 g/mol. The van der Waals surface area contributed by atoms with Gasteiger partial charge in [-0.25, -0.2) is 12.8 Å². The molecule has 178 valence electrons. The number of sulfonamides is 1. The molecular weight excluding hydrogens is 451 g/mol. The molecule has 0 bridgehead atoms. The van der Waals surface area contributed by atoms with Gasteiger partial charge < -0.3 is 20.7 Å². The largest absolute Gasteiger partial charge is 0.497 e. The molecule has 1 fully saturated rings. The molecule has 2 aromatic carbocycles. The smallest absolute Gasteiger partial charge is 0.259 e. The van der Waals surface area contributed by atoms with Crippen LogP contribution < -0.4 is 15.8 Å². The second kappa shape index (κ2) is 10.7. The van der Waals surface area contributed by atoms with Gasteiger partial charge in [0, 0.05) is 26.2 Å². The van der Waals surface area contributed by atoms with Crippen molar-refractivity contribution in [2.45, 2.75) is 23.9 Å². The molecule has 11 heteroatoms. The maximum absolute atomic E-state index is 13.3. The Balaban J connectivity index is 1.93. The number of methoxy groups -OCH3 is 1. The highest BCUT2D eigenvalue weighted by Gasteiger charge is 2.43. The van der Waals surface area contributed by atoms with Crippen LogP contribution in [0.25, 0.3) is 0 Å². The first kappa shape index (κ1) is 24.6. The Labute approximate surface area is 192 Å². The number of nitrogens with one attached hydrogen (secondary N) is 1. The maximum Gasteiger partial charge on any atom is 0.259 e. The highest BCUT2D eigenvalue weighted by molar-refractivity contribution is 7.89. The number of rotatable bonds is 8. The van der Waals surface area contributed by atoms with E-state index in [0.717, 1.165) is 28.6 Å². The SMILES string of the molecule is COc1cccc(CC(=O)N2CCCN(S(=O)(=O)c3ccc(F)cc3)C2C(=O)NCCN)c1. The number of carbonyl (C=O) groups is 2. The molecule has 9 nitrogen and oxygen atoms in total. The van der Waals surface area contributed by atoms with Gasteiger partial charge in [-0.15, -0.1) is 0 Å². The lowest BCUT2D eigenvalue weighted by atomic mass is 10.1. The average Bonchev–Trinajstić information content (AvgIpc) is 2.82. The summed E-state index contributed by atoms with van der Waals surface area (Å²) in [6.45, 7) is 0.515. The molecule has 2 aromatic rings. The lowest BCUT2D eigenvalue weighted by molar-refractivity contribution is -0.146. The molecule has 1 heterocycles. The monoisotopic (exact) mass is 478 g/mol. The van der Waals surface area contributed by atoms with Gasteiger partial charge in [0.15, 0.2) is 6.17 Å². The molecule has 3 N–H and O–H groups in total. The summed E-state index contributed by atoms with van der Waals surface area (Å²) < 4.78 is 46.2. The Morgan fingerprint density at radius 1 is 1.18 bits per heavy atom. The molecule has 1 aliphatic rings. The van der Waals surface area contributed by atoms with E-state index in [1.807, 2.05) is 0 Å². The number of ether oxygens (including phenoxy) is 1. The van der Waals surface area contributed by atoms with Gasteiger partial charge >= 0.3 is 0 Å². The fourth-order valence-electron chi connectivity index (χ4n) is 3.67. The Kier molecular flexibility index (Phi) is 8.01. The van der Waals surface area contributed by atoms with E-state index in [2.05, 4.69) is 5.32 Å². The molecule has 0 spiro atoms. The van der Waals surface area contributed by atoms with Crippen LogP contribution in [0.1, 0.15) is 12.0 Å². The first-order chi connectivity index (χ1) is 15.8. The number of benzene rings is 2. The molecular formula is C22H27FN4O5S. The van der Waals surface area contributed by atoms with Crippen LogP contribution in [0.3, 0.4) is 0 Å². The summed E-state index contributed by atoms with van der Waals surface area (Å²) in [6.07, 6.45) is -1.09. The maximum atomic E-state index is 13.3. The van der Waals surface area contributed by atoms with Crippen LogP contribution in [0.2, 0.25) is 0 Å². The zero-order valence-electron chi connectivity index (χ0n) is 18.2. The van der Waals surface area contributed by atoms with Crippen molar-refractivity contribution in [2.24, 2.45) is 5.73 Å². The number of hydrogen-bond acceptors (Lipinski definition) is 6. The van der Waals surface area contributed by atoms with Crippen molar-refractivity contribution in [2.75, 3.05) is 33.3 Å². The van der Waals surface area contributed by atoms with Crippen molar-refractivity contribution in [3.8, 4) is 5.75 Å². The van der Waals surface area contributed by atoms with Crippen LogP contribution in [0.5, 0.6) is 5.75 Å². The molecule has 33 heavy (non-hydrogen) atoms. The van der Waals surface area contributed by atoms with Crippen molar-refractivity contribution < 1.29 is 27.1 Å². The summed E-state index contributed by atoms with van der Waals surface area (Å²) in [5.74, 6) is -1.06. The van der Waals surface area contributed by atoms with E-state index in [9.17, 15) is 22.4 Å². The molecule has 0 aromatic heterocycles. The first-order valence-electron chi connectivity index (χ1n) is 10.5. The highest BCUT2D eigenvalue weighted by Crippen LogP contribution is 2.25. The van der Waals surface area contributed by atoms with Crippen LogP contribution in [-0.2, 0) is 26.0 Å². The van der Waals surface area contributed by atoms with Crippen LogP contribution in [0.15, 0.2) is 53.4 Å². The Hall–Kier alpha value is -3.02. The van der Waals surface area contributed by atoms with Crippen molar-refractivity contribution in [1.82, 2.24) is 14.5 Å². The summed E-state index contributed by atoms with van der Waals surface area (Å²) in [7, 11) is -2.67. The van der Waals surface area contributed by atoms with Gasteiger partial charge in [-0.1, -0.05) is 12.1 Å². The van der Waals surface area contributed by atoms with Gasteiger partial charge in [0.2, 0.25) is 15.9 Å². The number of nitrogens with two attached hydrogens (primary N) is 1. The van der Waals surface area contributed by atoms with Crippen LogP contribution >= 0.6 is 0 Å². The Morgan fingerprint density at radius 2 is 1.91 bits per heavy atom. The highest BCUT2D eigenvalue weighted by atomic mass is 32.2. The molecule has 0 saturated carbocycles. The fraction of sp³-hybridized carbons (Fsp3) is 0.364. The van der Waals surface area contributed by atoms with Gasteiger partial charge in [-0.05, 0) is 48.4 Å². The lowest BCUT2D eigenvalue weighted by Crippen LogP contribution is -2.63. The van der Waals surface area contributed by atoms with E-state index >= 15 is 0 Å². The van der Waals surface area contributed by atoms with Crippen LogP contribution in [-0.4, -0.2) is 68.9 Å². The molecule has 1 unspecified atom stereocenters. The molecule has 1 saturated heterocycles. The molecule has 0 aliphatic carbocycles. The van der Waals surface area contributed by atoms with E-state index in [4.69, 9.17) is 10.5 Å². The Morgan fingerprint density at radius 3 is 2.58 bits per heavy atom. The standard InChI is InChI=1S/C22H27FN4O5S/c1-32-18-5-2-4-16(14-18)15-20(28)26-12-3-13-27(22(26)21(29)25-11-10-24)33(30,31)19-8-6-17(23)7-9-19/h2,4-9,14,22H,3,10-13,15,24H2,1H3,(H,25,29).